The van der Waals surface area contributed by atoms with E-state index in [0.29, 0.717) is 19.5 Å². The van der Waals surface area contributed by atoms with Gasteiger partial charge in [-0.25, -0.2) is 0 Å². The van der Waals surface area contributed by atoms with Gasteiger partial charge < -0.3 is 18.6 Å². The largest absolute Gasteiger partial charge is 0.503 e. The summed E-state index contributed by atoms with van der Waals surface area (Å²) >= 11 is 0. The van der Waals surface area contributed by atoms with Crippen LogP contribution in [0.15, 0.2) is 0 Å². The SMILES string of the molecule is CO[Si](OC)(OC)C(C)CCNCCCS(=O)(=O)O. The van der Waals surface area contributed by atoms with Gasteiger partial charge in [-0.2, -0.15) is 8.42 Å². The maximum atomic E-state index is 10.5. The Labute approximate surface area is 116 Å². The summed E-state index contributed by atoms with van der Waals surface area (Å²) in [4.78, 5) is 0. The Morgan fingerprint density at radius 1 is 1.16 bits per heavy atom. The van der Waals surface area contributed by atoms with Crippen molar-refractivity contribution >= 4 is 18.9 Å². The second-order valence-electron chi connectivity index (χ2n) is 4.30. The summed E-state index contributed by atoms with van der Waals surface area (Å²) in [5, 5.41) is 3.11. The maximum Gasteiger partial charge on any atom is 0.503 e. The molecule has 0 amide bonds. The molecule has 9 heteroatoms. The van der Waals surface area contributed by atoms with E-state index in [2.05, 4.69) is 5.32 Å². The van der Waals surface area contributed by atoms with E-state index in [1.54, 1.807) is 21.3 Å². The summed E-state index contributed by atoms with van der Waals surface area (Å²) in [7, 11) is -1.72. The Morgan fingerprint density at radius 3 is 2.11 bits per heavy atom. The second-order valence-corrected chi connectivity index (χ2v) is 9.28. The van der Waals surface area contributed by atoms with Crippen molar-refractivity contribution in [2.45, 2.75) is 25.3 Å². The van der Waals surface area contributed by atoms with Crippen LogP contribution in [0.1, 0.15) is 19.8 Å². The highest BCUT2D eigenvalue weighted by Crippen LogP contribution is 2.26. The monoisotopic (exact) mass is 315 g/mol. The summed E-state index contributed by atoms with van der Waals surface area (Å²) in [6.45, 7) is 3.24. The topological polar surface area (TPSA) is 94.1 Å². The van der Waals surface area contributed by atoms with Crippen LogP contribution in [0.2, 0.25) is 5.54 Å². The first-order valence-corrected chi connectivity index (χ1v) is 9.53. The van der Waals surface area contributed by atoms with E-state index >= 15 is 0 Å². The quantitative estimate of drug-likeness (QED) is 0.326. The molecule has 7 nitrogen and oxygen atoms in total. The lowest BCUT2D eigenvalue weighted by Gasteiger charge is -2.30. The van der Waals surface area contributed by atoms with Gasteiger partial charge in [-0.15, -0.1) is 0 Å². The number of rotatable bonds is 11. The molecule has 0 rings (SSSR count). The van der Waals surface area contributed by atoms with Gasteiger partial charge in [0.25, 0.3) is 10.1 Å². The Hall–Kier alpha value is -0.0331. The number of hydrogen-bond acceptors (Lipinski definition) is 6. The fraction of sp³-hybridized carbons (Fsp3) is 1.00. The van der Waals surface area contributed by atoms with E-state index in [-0.39, 0.29) is 11.3 Å². The van der Waals surface area contributed by atoms with Crippen molar-refractivity contribution in [2.24, 2.45) is 0 Å². The summed E-state index contributed by atoms with van der Waals surface area (Å²) in [5.74, 6) is -0.220. The van der Waals surface area contributed by atoms with Gasteiger partial charge in [0.1, 0.15) is 0 Å². The fourth-order valence-corrected chi connectivity index (χ4v) is 4.57. The predicted octanol–water partition coefficient (Wildman–Crippen LogP) is 0.512. The summed E-state index contributed by atoms with van der Waals surface area (Å²) in [6.07, 6.45) is 1.18. The third-order valence-electron chi connectivity index (χ3n) is 2.97. The second kappa shape index (κ2) is 9.00. The molecular formula is C10H25NO6SSi. The normalized spacial score (nSPS) is 14.6. The van der Waals surface area contributed by atoms with Gasteiger partial charge in [0.2, 0.25) is 0 Å². The average molecular weight is 315 g/mol. The van der Waals surface area contributed by atoms with E-state index in [9.17, 15) is 8.42 Å². The number of nitrogens with one attached hydrogen (secondary N) is 1. The molecule has 0 fully saturated rings. The van der Waals surface area contributed by atoms with Crippen molar-refractivity contribution in [3.63, 3.8) is 0 Å². The van der Waals surface area contributed by atoms with E-state index in [4.69, 9.17) is 17.8 Å². The molecule has 1 atom stereocenters. The molecule has 2 N–H and O–H groups in total. The molecule has 0 bridgehead atoms. The Balaban J connectivity index is 3.88. The van der Waals surface area contributed by atoms with E-state index < -0.39 is 18.9 Å². The van der Waals surface area contributed by atoms with Crippen LogP contribution >= 0.6 is 0 Å². The van der Waals surface area contributed by atoms with Crippen molar-refractivity contribution in [1.82, 2.24) is 5.32 Å². The highest BCUT2D eigenvalue weighted by Gasteiger charge is 2.43. The summed E-state index contributed by atoms with van der Waals surface area (Å²) < 4.78 is 45.7. The van der Waals surface area contributed by atoms with Gasteiger partial charge in [0, 0.05) is 26.9 Å². The zero-order valence-electron chi connectivity index (χ0n) is 12.0. The van der Waals surface area contributed by atoms with Crippen LogP contribution in [0.3, 0.4) is 0 Å². The first-order chi connectivity index (χ1) is 8.81. The summed E-state index contributed by atoms with van der Waals surface area (Å²) in [5.41, 5.74) is 0.140. The lowest BCUT2D eigenvalue weighted by molar-refractivity contribution is 0.112. The summed E-state index contributed by atoms with van der Waals surface area (Å²) in [6, 6.07) is 0. The molecule has 1 unspecified atom stereocenters. The van der Waals surface area contributed by atoms with Crippen LogP contribution in [-0.4, -0.2) is 61.9 Å². The standard InChI is InChI=1S/C10H25NO6SSi/c1-10(19(15-2,16-3)17-4)6-8-11-7-5-9-18(12,13)14/h10-11H,5-9H2,1-4H3,(H,12,13,14). The van der Waals surface area contributed by atoms with Crippen molar-refractivity contribution in [1.29, 1.82) is 0 Å². The molecule has 19 heavy (non-hydrogen) atoms. The molecule has 116 valence electrons. The minimum absolute atomic E-state index is 0.140. The minimum Gasteiger partial charge on any atom is -0.377 e. The van der Waals surface area contributed by atoms with Crippen molar-refractivity contribution in [3.05, 3.63) is 0 Å². The van der Waals surface area contributed by atoms with Gasteiger partial charge in [-0.05, 0) is 25.9 Å². The predicted molar refractivity (Wildman–Crippen MR) is 74.7 cm³/mol. The molecule has 0 saturated carbocycles. The van der Waals surface area contributed by atoms with Crippen LogP contribution in [0.5, 0.6) is 0 Å². The fourth-order valence-electron chi connectivity index (χ4n) is 1.85. The van der Waals surface area contributed by atoms with Gasteiger partial charge >= 0.3 is 8.80 Å². The van der Waals surface area contributed by atoms with Crippen LogP contribution < -0.4 is 5.32 Å². The molecule has 0 saturated heterocycles. The molecule has 0 aromatic heterocycles. The van der Waals surface area contributed by atoms with Crippen LogP contribution in [-0.2, 0) is 23.4 Å². The molecule has 0 aromatic rings. The third-order valence-corrected chi connectivity index (χ3v) is 6.97. The lowest BCUT2D eigenvalue weighted by Crippen LogP contribution is -2.47. The Kier molecular flexibility index (Phi) is 8.99. The first kappa shape index (κ1) is 19.0. The smallest absolute Gasteiger partial charge is 0.377 e. The van der Waals surface area contributed by atoms with E-state index in [1.807, 2.05) is 6.92 Å². The van der Waals surface area contributed by atoms with E-state index in [1.165, 1.54) is 0 Å². The van der Waals surface area contributed by atoms with Crippen molar-refractivity contribution in [3.8, 4) is 0 Å². The van der Waals surface area contributed by atoms with Gasteiger partial charge in [-0.1, -0.05) is 6.92 Å². The average Bonchev–Trinajstić information content (AvgIpc) is 2.35. The van der Waals surface area contributed by atoms with Crippen molar-refractivity contribution < 1.29 is 26.2 Å². The molecule has 0 radical (unpaired) electrons. The van der Waals surface area contributed by atoms with Gasteiger partial charge in [0.15, 0.2) is 0 Å². The Bertz CT molecular complexity index is 325. The lowest BCUT2D eigenvalue weighted by atomic mass is 10.3. The van der Waals surface area contributed by atoms with E-state index in [0.717, 1.165) is 6.42 Å². The Morgan fingerprint density at radius 2 is 1.68 bits per heavy atom. The maximum absolute atomic E-state index is 10.5. The van der Waals surface area contributed by atoms with Crippen LogP contribution in [0.25, 0.3) is 0 Å². The van der Waals surface area contributed by atoms with Gasteiger partial charge in [-0.3, -0.25) is 4.55 Å². The van der Waals surface area contributed by atoms with Crippen molar-refractivity contribution in [2.75, 3.05) is 40.2 Å². The van der Waals surface area contributed by atoms with Crippen LogP contribution in [0.4, 0.5) is 0 Å². The molecular weight excluding hydrogens is 290 g/mol. The molecule has 0 spiro atoms. The zero-order chi connectivity index (χ0) is 14.9. The highest BCUT2D eigenvalue weighted by atomic mass is 32.2. The molecule has 0 aliphatic carbocycles. The first-order valence-electron chi connectivity index (χ1n) is 6.12. The molecule has 0 aliphatic heterocycles. The third kappa shape index (κ3) is 7.35. The molecule has 0 aromatic carbocycles. The zero-order valence-corrected chi connectivity index (χ0v) is 13.8. The van der Waals surface area contributed by atoms with Gasteiger partial charge in [0.05, 0.1) is 5.75 Å². The number of hydrogen-bond donors (Lipinski definition) is 2. The van der Waals surface area contributed by atoms with Crippen LogP contribution in [0, 0.1) is 0 Å². The molecule has 0 aliphatic rings. The minimum atomic E-state index is -3.86. The molecule has 0 heterocycles. The highest BCUT2D eigenvalue weighted by molar-refractivity contribution is 7.85.